The third-order valence-corrected chi connectivity index (χ3v) is 4.95. The van der Waals surface area contributed by atoms with Crippen LogP contribution in [0.15, 0.2) is 36.4 Å². The summed E-state index contributed by atoms with van der Waals surface area (Å²) in [5.41, 5.74) is 6.22. The standard InChI is InChI=1S/C19H22ClN3O2/c1-12-4-5-13(8-15(12)11-20)16(10-19(24)25-3)14-6-7-18-17(9-14)21-22-23(18)2/h4-9,16,19,24H,10-11H2,1-3H3. The van der Waals surface area contributed by atoms with Gasteiger partial charge in [-0.2, -0.15) is 0 Å². The molecule has 0 amide bonds. The molecule has 5 nitrogen and oxygen atoms in total. The molecule has 2 atom stereocenters. The second-order valence-electron chi connectivity index (χ2n) is 6.26. The number of aliphatic hydroxyl groups is 1. The molecule has 0 saturated carbocycles. The molecule has 1 aromatic heterocycles. The van der Waals surface area contributed by atoms with E-state index < -0.39 is 6.29 Å². The van der Waals surface area contributed by atoms with Gasteiger partial charge in [-0.25, -0.2) is 4.68 Å². The molecule has 3 aromatic rings. The molecule has 3 rings (SSSR count). The highest BCUT2D eigenvalue weighted by Crippen LogP contribution is 2.32. The maximum Gasteiger partial charge on any atom is 0.155 e. The van der Waals surface area contributed by atoms with Crippen molar-refractivity contribution in [1.29, 1.82) is 0 Å². The molecule has 0 radical (unpaired) electrons. The van der Waals surface area contributed by atoms with Gasteiger partial charge in [-0.1, -0.05) is 29.5 Å². The molecule has 0 aliphatic carbocycles. The Hall–Kier alpha value is -1.95. The molecule has 25 heavy (non-hydrogen) atoms. The molecule has 0 fully saturated rings. The van der Waals surface area contributed by atoms with E-state index >= 15 is 0 Å². The Labute approximate surface area is 152 Å². The zero-order valence-electron chi connectivity index (χ0n) is 14.6. The largest absolute Gasteiger partial charge is 0.368 e. The monoisotopic (exact) mass is 359 g/mol. The van der Waals surface area contributed by atoms with E-state index in [1.165, 1.54) is 7.11 Å². The molecule has 0 aliphatic heterocycles. The Bertz CT molecular complexity index is 878. The lowest BCUT2D eigenvalue weighted by Crippen LogP contribution is -2.15. The number of methoxy groups -OCH3 is 1. The lowest BCUT2D eigenvalue weighted by molar-refractivity contribution is -0.0802. The van der Waals surface area contributed by atoms with Crippen LogP contribution in [0.5, 0.6) is 0 Å². The quantitative estimate of drug-likeness (QED) is 0.540. The highest BCUT2D eigenvalue weighted by Gasteiger charge is 2.20. The molecule has 1 N–H and O–H groups in total. The van der Waals surface area contributed by atoms with Gasteiger partial charge in [0.25, 0.3) is 0 Å². The first-order valence-electron chi connectivity index (χ1n) is 8.19. The van der Waals surface area contributed by atoms with E-state index in [4.69, 9.17) is 16.3 Å². The number of aromatic nitrogens is 3. The molecular formula is C19H22ClN3O2. The molecule has 0 bridgehead atoms. The predicted octanol–water partition coefficient (Wildman–Crippen LogP) is 3.50. The zero-order valence-corrected chi connectivity index (χ0v) is 15.4. The summed E-state index contributed by atoms with van der Waals surface area (Å²) in [7, 11) is 3.38. The lowest BCUT2D eigenvalue weighted by atomic mass is 9.86. The van der Waals surface area contributed by atoms with Crippen molar-refractivity contribution in [2.45, 2.75) is 31.4 Å². The van der Waals surface area contributed by atoms with Crippen molar-refractivity contribution in [3.05, 3.63) is 58.7 Å². The number of aliphatic hydroxyl groups excluding tert-OH is 1. The van der Waals surface area contributed by atoms with E-state index in [0.29, 0.717) is 12.3 Å². The number of halogens is 1. The van der Waals surface area contributed by atoms with Crippen LogP contribution in [0.2, 0.25) is 0 Å². The molecule has 2 unspecified atom stereocenters. The van der Waals surface area contributed by atoms with E-state index in [0.717, 1.165) is 33.3 Å². The number of benzene rings is 2. The van der Waals surface area contributed by atoms with Crippen molar-refractivity contribution < 1.29 is 9.84 Å². The first-order valence-corrected chi connectivity index (χ1v) is 8.72. The summed E-state index contributed by atoms with van der Waals surface area (Å²) >= 11 is 6.07. The summed E-state index contributed by atoms with van der Waals surface area (Å²) in [6.45, 7) is 2.05. The van der Waals surface area contributed by atoms with E-state index in [9.17, 15) is 5.11 Å². The minimum absolute atomic E-state index is 0.0241. The SMILES string of the molecule is COC(O)CC(c1ccc(C)c(CCl)c1)c1ccc2c(c1)nnn2C. The second kappa shape index (κ2) is 7.52. The van der Waals surface area contributed by atoms with Crippen molar-refractivity contribution in [2.75, 3.05) is 7.11 Å². The van der Waals surface area contributed by atoms with Crippen LogP contribution in [0.3, 0.4) is 0 Å². The summed E-state index contributed by atoms with van der Waals surface area (Å²) in [4.78, 5) is 0. The van der Waals surface area contributed by atoms with Gasteiger partial charge in [-0.05, 0) is 41.3 Å². The van der Waals surface area contributed by atoms with Gasteiger partial charge < -0.3 is 9.84 Å². The number of aryl methyl sites for hydroxylation is 2. The third-order valence-electron chi connectivity index (χ3n) is 4.67. The topological polar surface area (TPSA) is 60.2 Å². The molecule has 1 heterocycles. The highest BCUT2D eigenvalue weighted by molar-refractivity contribution is 6.17. The minimum Gasteiger partial charge on any atom is -0.368 e. The Morgan fingerprint density at radius 1 is 1.20 bits per heavy atom. The second-order valence-corrected chi connectivity index (χ2v) is 6.53. The van der Waals surface area contributed by atoms with E-state index in [1.807, 2.05) is 26.1 Å². The molecule has 0 spiro atoms. The van der Waals surface area contributed by atoms with E-state index in [1.54, 1.807) is 4.68 Å². The van der Waals surface area contributed by atoms with Gasteiger partial charge in [0.15, 0.2) is 6.29 Å². The zero-order chi connectivity index (χ0) is 18.0. The van der Waals surface area contributed by atoms with Crippen molar-refractivity contribution in [3.8, 4) is 0 Å². The average molecular weight is 360 g/mol. The number of hydrogen-bond acceptors (Lipinski definition) is 4. The lowest BCUT2D eigenvalue weighted by Gasteiger charge is -2.22. The van der Waals surface area contributed by atoms with Crippen molar-refractivity contribution in [3.63, 3.8) is 0 Å². The predicted molar refractivity (Wildman–Crippen MR) is 98.7 cm³/mol. The third kappa shape index (κ3) is 3.68. The summed E-state index contributed by atoms with van der Waals surface area (Å²) in [5, 5.41) is 18.3. The van der Waals surface area contributed by atoms with E-state index in [-0.39, 0.29) is 5.92 Å². The maximum atomic E-state index is 10.1. The fourth-order valence-corrected chi connectivity index (χ4v) is 3.38. The molecular weight excluding hydrogens is 338 g/mol. The molecule has 132 valence electrons. The normalized spacial score (nSPS) is 14.0. The van der Waals surface area contributed by atoms with Gasteiger partial charge in [-0.3, -0.25) is 0 Å². The number of fused-ring (bicyclic) bond motifs is 1. The molecule has 0 aliphatic rings. The number of hydrogen-bond donors (Lipinski definition) is 1. The van der Waals surface area contributed by atoms with Crippen LogP contribution in [-0.2, 0) is 17.7 Å². The Morgan fingerprint density at radius 3 is 2.64 bits per heavy atom. The van der Waals surface area contributed by atoms with Gasteiger partial charge in [0.05, 0.1) is 5.52 Å². The van der Waals surface area contributed by atoms with E-state index in [2.05, 4.69) is 34.6 Å². The van der Waals surface area contributed by atoms with Crippen LogP contribution < -0.4 is 0 Å². The van der Waals surface area contributed by atoms with Crippen LogP contribution in [0.25, 0.3) is 11.0 Å². The van der Waals surface area contributed by atoms with Crippen LogP contribution in [-0.4, -0.2) is 33.5 Å². The Balaban J connectivity index is 2.06. The Morgan fingerprint density at radius 2 is 1.92 bits per heavy atom. The summed E-state index contributed by atoms with van der Waals surface area (Å²) in [6.07, 6.45) is -0.393. The van der Waals surface area contributed by atoms with Gasteiger partial charge in [-0.15, -0.1) is 16.7 Å². The fraction of sp³-hybridized carbons (Fsp3) is 0.368. The molecule has 0 saturated heterocycles. The van der Waals surface area contributed by atoms with Crippen LogP contribution in [0.4, 0.5) is 0 Å². The Kier molecular flexibility index (Phi) is 5.37. The molecule has 6 heteroatoms. The fourth-order valence-electron chi connectivity index (χ4n) is 3.09. The van der Waals surface area contributed by atoms with Gasteiger partial charge >= 0.3 is 0 Å². The number of alkyl halides is 1. The van der Waals surface area contributed by atoms with Crippen molar-refractivity contribution in [1.82, 2.24) is 15.0 Å². The van der Waals surface area contributed by atoms with Crippen LogP contribution in [0, 0.1) is 6.92 Å². The molecule has 2 aromatic carbocycles. The number of nitrogens with zero attached hydrogens (tertiary/aromatic N) is 3. The first-order chi connectivity index (χ1) is 12.0. The van der Waals surface area contributed by atoms with Gasteiger partial charge in [0.2, 0.25) is 0 Å². The van der Waals surface area contributed by atoms with Gasteiger partial charge in [0.1, 0.15) is 5.52 Å². The summed E-state index contributed by atoms with van der Waals surface area (Å²) in [6, 6.07) is 12.3. The minimum atomic E-state index is -0.844. The summed E-state index contributed by atoms with van der Waals surface area (Å²) < 4.78 is 6.84. The van der Waals surface area contributed by atoms with Crippen LogP contribution in [0.1, 0.15) is 34.6 Å². The highest BCUT2D eigenvalue weighted by atomic mass is 35.5. The summed E-state index contributed by atoms with van der Waals surface area (Å²) in [5.74, 6) is 0.437. The van der Waals surface area contributed by atoms with Crippen molar-refractivity contribution in [2.24, 2.45) is 7.05 Å². The maximum absolute atomic E-state index is 10.1. The smallest absolute Gasteiger partial charge is 0.155 e. The van der Waals surface area contributed by atoms with Crippen LogP contribution >= 0.6 is 11.6 Å². The van der Waals surface area contributed by atoms with Gasteiger partial charge in [0, 0.05) is 32.4 Å². The number of rotatable bonds is 6. The average Bonchev–Trinajstić information content (AvgIpc) is 3.00. The number of ether oxygens (including phenoxy) is 1. The first kappa shape index (κ1) is 17.9. The van der Waals surface area contributed by atoms with Crippen molar-refractivity contribution >= 4 is 22.6 Å².